The highest BCUT2D eigenvalue weighted by atomic mass is 32.1. The van der Waals surface area contributed by atoms with E-state index >= 15 is 0 Å². The van der Waals surface area contributed by atoms with E-state index in [0.717, 1.165) is 25.0 Å². The largest absolute Gasteiger partial charge is 0.453 e. The van der Waals surface area contributed by atoms with Gasteiger partial charge < -0.3 is 15.4 Å². The third-order valence-electron chi connectivity index (χ3n) is 4.85. The summed E-state index contributed by atoms with van der Waals surface area (Å²) in [4.78, 5) is 29.9. The van der Waals surface area contributed by atoms with Gasteiger partial charge in [0.15, 0.2) is 5.13 Å². The maximum Gasteiger partial charge on any atom is 0.407 e. The molecule has 1 aliphatic rings. The van der Waals surface area contributed by atoms with Crippen molar-refractivity contribution < 1.29 is 14.3 Å². The maximum atomic E-state index is 12.6. The molecular weight excluding hydrogens is 362 g/mol. The number of hydrogen-bond acceptors (Lipinski definition) is 5. The lowest BCUT2D eigenvalue weighted by atomic mass is 9.85. The Kier molecular flexibility index (Phi) is 6.11. The van der Waals surface area contributed by atoms with Crippen LogP contribution in [0.25, 0.3) is 0 Å². The van der Waals surface area contributed by atoms with Crippen LogP contribution in [0.5, 0.6) is 0 Å². The highest BCUT2D eigenvalue weighted by Gasteiger charge is 2.27. The fraction of sp³-hybridized carbons (Fsp3) is 0.450. The molecule has 144 valence electrons. The summed E-state index contributed by atoms with van der Waals surface area (Å²) in [7, 11) is 1.28. The first-order chi connectivity index (χ1) is 13.0. The topological polar surface area (TPSA) is 80.3 Å². The number of alkyl carbamates (subject to hydrolysis) is 1. The monoisotopic (exact) mass is 387 g/mol. The number of benzene rings is 1. The van der Waals surface area contributed by atoms with Gasteiger partial charge in [-0.2, -0.15) is 0 Å². The van der Waals surface area contributed by atoms with Crippen molar-refractivity contribution in [1.29, 1.82) is 0 Å². The van der Waals surface area contributed by atoms with Crippen molar-refractivity contribution in [1.82, 2.24) is 10.3 Å². The Balaban J connectivity index is 1.68. The zero-order valence-corrected chi connectivity index (χ0v) is 16.6. The minimum Gasteiger partial charge on any atom is -0.453 e. The third kappa shape index (κ3) is 4.66. The van der Waals surface area contributed by atoms with Gasteiger partial charge in [-0.3, -0.25) is 4.79 Å². The van der Waals surface area contributed by atoms with E-state index in [1.807, 2.05) is 19.9 Å². The first-order valence-electron chi connectivity index (χ1n) is 9.16. The Bertz CT molecular complexity index is 804. The number of fused-ring (bicyclic) bond motifs is 1. The number of hydrogen-bond donors (Lipinski definition) is 2. The van der Waals surface area contributed by atoms with Crippen molar-refractivity contribution in [2.24, 2.45) is 5.92 Å². The summed E-state index contributed by atoms with van der Waals surface area (Å²) in [6.45, 7) is 3.75. The van der Waals surface area contributed by atoms with E-state index in [0.29, 0.717) is 11.0 Å². The molecule has 1 aliphatic carbocycles. The fourth-order valence-electron chi connectivity index (χ4n) is 3.34. The zero-order chi connectivity index (χ0) is 19.4. The zero-order valence-electron chi connectivity index (χ0n) is 15.8. The summed E-state index contributed by atoms with van der Waals surface area (Å²) in [5, 5.41) is 6.04. The molecule has 6 nitrogen and oxygen atoms in total. The number of rotatable bonds is 5. The Morgan fingerprint density at radius 3 is 2.67 bits per heavy atom. The Morgan fingerprint density at radius 1 is 1.26 bits per heavy atom. The van der Waals surface area contributed by atoms with Crippen LogP contribution in [0.3, 0.4) is 0 Å². The summed E-state index contributed by atoms with van der Waals surface area (Å²) < 4.78 is 4.61. The van der Waals surface area contributed by atoms with Gasteiger partial charge in [-0.25, -0.2) is 9.78 Å². The summed E-state index contributed by atoms with van der Waals surface area (Å²) in [5.41, 5.74) is 2.42. The van der Waals surface area contributed by atoms with Crippen LogP contribution in [0.4, 0.5) is 9.93 Å². The molecule has 0 bridgehead atoms. The average Bonchev–Trinajstić information content (AvgIpc) is 3.07. The predicted molar refractivity (Wildman–Crippen MR) is 106 cm³/mol. The van der Waals surface area contributed by atoms with E-state index in [1.165, 1.54) is 28.9 Å². The van der Waals surface area contributed by atoms with E-state index in [9.17, 15) is 9.59 Å². The van der Waals surface area contributed by atoms with E-state index < -0.39 is 12.1 Å². The van der Waals surface area contributed by atoms with Gasteiger partial charge in [0.25, 0.3) is 0 Å². The van der Waals surface area contributed by atoms with Crippen LogP contribution in [-0.2, 0) is 22.4 Å². The van der Waals surface area contributed by atoms with Crippen LogP contribution >= 0.6 is 11.3 Å². The summed E-state index contributed by atoms with van der Waals surface area (Å²) >= 11 is 1.53. The van der Waals surface area contributed by atoms with Crippen molar-refractivity contribution in [3.05, 3.63) is 46.5 Å². The molecule has 1 aromatic heterocycles. The van der Waals surface area contributed by atoms with E-state index in [1.54, 1.807) is 0 Å². The van der Waals surface area contributed by atoms with Gasteiger partial charge in [0.05, 0.1) is 12.8 Å². The van der Waals surface area contributed by atoms with Crippen molar-refractivity contribution >= 4 is 28.5 Å². The number of ether oxygens (including phenoxy) is 1. The molecule has 2 unspecified atom stereocenters. The van der Waals surface area contributed by atoms with Crippen LogP contribution in [0, 0.1) is 5.92 Å². The molecule has 2 amide bonds. The minimum absolute atomic E-state index is 0.0684. The molecule has 7 heteroatoms. The number of thiazole rings is 1. The predicted octanol–water partition coefficient (Wildman–Crippen LogP) is 3.73. The molecule has 27 heavy (non-hydrogen) atoms. The first kappa shape index (κ1) is 19.4. The molecule has 0 aliphatic heterocycles. The number of methoxy groups -OCH3 is 1. The number of amides is 2. The fourth-order valence-corrected chi connectivity index (χ4v) is 4.43. The van der Waals surface area contributed by atoms with Crippen LogP contribution in [0.15, 0.2) is 30.3 Å². The van der Waals surface area contributed by atoms with Crippen molar-refractivity contribution in [3.63, 3.8) is 0 Å². The van der Waals surface area contributed by atoms with Crippen LogP contribution < -0.4 is 10.6 Å². The number of anilines is 1. The number of aromatic nitrogens is 1. The Morgan fingerprint density at radius 2 is 2.00 bits per heavy atom. The summed E-state index contributed by atoms with van der Waals surface area (Å²) in [5.74, 6) is 0.148. The van der Waals surface area contributed by atoms with Crippen molar-refractivity contribution in [2.75, 3.05) is 12.4 Å². The van der Waals surface area contributed by atoms with Gasteiger partial charge in [-0.1, -0.05) is 44.2 Å². The first-order valence-corrected chi connectivity index (χ1v) is 9.98. The van der Waals surface area contributed by atoms with Gasteiger partial charge in [0, 0.05) is 4.88 Å². The van der Waals surface area contributed by atoms with Crippen LogP contribution in [-0.4, -0.2) is 30.1 Å². The molecule has 2 N–H and O–H groups in total. The summed E-state index contributed by atoms with van der Waals surface area (Å²) in [6, 6.07) is 9.85. The van der Waals surface area contributed by atoms with Gasteiger partial charge in [0.1, 0.15) is 6.04 Å². The number of aryl methyl sites for hydroxylation is 1. The molecule has 0 saturated carbocycles. The molecule has 2 aromatic rings. The Labute approximate surface area is 163 Å². The SMILES string of the molecule is COC(=O)NC(C(=O)Nc1nc2c(s1)CC(c1ccccc1)CC2)C(C)C. The number of carbonyl (C=O) groups is 2. The Hall–Kier alpha value is -2.41. The number of carbonyl (C=O) groups excluding carboxylic acids is 2. The average molecular weight is 388 g/mol. The number of nitrogens with one attached hydrogen (secondary N) is 2. The van der Waals surface area contributed by atoms with E-state index in [-0.39, 0.29) is 11.8 Å². The van der Waals surface area contributed by atoms with Gasteiger partial charge in [0.2, 0.25) is 5.91 Å². The lowest BCUT2D eigenvalue weighted by Gasteiger charge is -2.21. The van der Waals surface area contributed by atoms with Crippen molar-refractivity contribution in [3.8, 4) is 0 Å². The minimum atomic E-state index is -0.671. The highest BCUT2D eigenvalue weighted by molar-refractivity contribution is 7.15. The van der Waals surface area contributed by atoms with Gasteiger partial charge >= 0.3 is 6.09 Å². The van der Waals surface area contributed by atoms with Crippen LogP contribution in [0.1, 0.15) is 42.3 Å². The highest BCUT2D eigenvalue weighted by Crippen LogP contribution is 2.36. The molecule has 0 saturated heterocycles. The standard InChI is InChI=1S/C20H25N3O3S/c1-12(2)17(22-20(25)26-3)18(24)23-19-21-15-10-9-14(11-16(15)27-19)13-7-5-4-6-8-13/h4-8,12,14,17H,9-11H2,1-3H3,(H,22,25)(H,21,23,24). The van der Waals surface area contributed by atoms with Gasteiger partial charge in [-0.05, 0) is 36.7 Å². The molecule has 1 aromatic carbocycles. The third-order valence-corrected chi connectivity index (χ3v) is 5.88. The van der Waals surface area contributed by atoms with Gasteiger partial charge in [-0.15, -0.1) is 11.3 Å². The smallest absolute Gasteiger partial charge is 0.407 e. The second kappa shape index (κ2) is 8.52. The normalized spacial score (nSPS) is 17.1. The molecular formula is C20H25N3O3S. The lowest BCUT2D eigenvalue weighted by molar-refractivity contribution is -0.119. The molecule has 3 rings (SSSR count). The summed E-state index contributed by atoms with van der Waals surface area (Å²) in [6.07, 6.45) is 2.30. The maximum absolute atomic E-state index is 12.6. The second-order valence-corrected chi connectivity index (χ2v) is 8.17. The molecule has 1 heterocycles. The van der Waals surface area contributed by atoms with E-state index in [4.69, 9.17) is 0 Å². The number of nitrogens with zero attached hydrogens (tertiary/aromatic N) is 1. The second-order valence-electron chi connectivity index (χ2n) is 7.09. The van der Waals surface area contributed by atoms with E-state index in [2.05, 4.69) is 44.6 Å². The molecule has 0 spiro atoms. The molecule has 0 radical (unpaired) electrons. The molecule has 0 fully saturated rings. The quantitative estimate of drug-likeness (QED) is 0.819. The lowest BCUT2D eigenvalue weighted by Crippen LogP contribution is -2.47. The van der Waals surface area contributed by atoms with Crippen LogP contribution in [0.2, 0.25) is 0 Å². The molecule has 2 atom stereocenters. The van der Waals surface area contributed by atoms with Crippen molar-refractivity contribution in [2.45, 2.75) is 45.1 Å².